The quantitative estimate of drug-likeness (QED) is 0.350. The molecule has 0 radical (unpaired) electrons. The van der Waals surface area contributed by atoms with Crippen LogP contribution in [0, 0.1) is 0 Å². The zero-order chi connectivity index (χ0) is 23.4. The summed E-state index contributed by atoms with van der Waals surface area (Å²) in [6.45, 7) is 3.18. The van der Waals surface area contributed by atoms with Gasteiger partial charge in [-0.25, -0.2) is 9.48 Å². The molecule has 4 rings (SSSR count). The van der Waals surface area contributed by atoms with E-state index in [1.54, 1.807) is 11.8 Å². The number of aromatic nitrogens is 8. The topological polar surface area (TPSA) is 126 Å². The first-order valence-corrected chi connectivity index (χ1v) is 11.2. The number of ether oxygens (including phenoxy) is 1. The molecule has 3 heterocycles. The molecule has 0 atom stereocenters. The molecule has 0 aliphatic carbocycles. The average molecular weight is 473 g/mol. The molecular formula is C21H25ClN8O3. The molecule has 0 amide bonds. The SMILES string of the molecule is CCCCn1c(=O)n(CCCn2nnnc2Cc2ccc(OC)cc2)c(=O)c2[nH]c(Cl)nc21. The van der Waals surface area contributed by atoms with E-state index < -0.39 is 5.56 Å². The monoisotopic (exact) mass is 472 g/mol. The largest absolute Gasteiger partial charge is 0.497 e. The van der Waals surface area contributed by atoms with Gasteiger partial charge in [-0.15, -0.1) is 5.10 Å². The van der Waals surface area contributed by atoms with E-state index >= 15 is 0 Å². The Labute approximate surface area is 194 Å². The Hall–Kier alpha value is -3.47. The van der Waals surface area contributed by atoms with Crippen molar-refractivity contribution in [3.63, 3.8) is 0 Å². The van der Waals surface area contributed by atoms with E-state index in [1.807, 2.05) is 31.2 Å². The maximum atomic E-state index is 13.0. The number of unbranched alkanes of at least 4 members (excludes halogenated alkanes) is 1. The standard InChI is InChI=1S/C21H25ClN8O3/c1-3-4-10-28-18-17(23-20(22)24-18)19(31)29(21(28)32)11-5-12-30-16(25-26-27-30)13-14-6-8-15(33-2)9-7-14/h6-9H,3-5,10-13H2,1-2H3,(H,23,24). The average Bonchev–Trinajstić information content (AvgIpc) is 3.42. The second kappa shape index (κ2) is 9.99. The highest BCUT2D eigenvalue weighted by atomic mass is 35.5. The van der Waals surface area contributed by atoms with E-state index in [-0.39, 0.29) is 23.0 Å². The molecule has 4 aromatic rings. The zero-order valence-electron chi connectivity index (χ0n) is 18.5. The summed E-state index contributed by atoms with van der Waals surface area (Å²) in [4.78, 5) is 32.9. The van der Waals surface area contributed by atoms with Gasteiger partial charge in [-0.3, -0.25) is 13.9 Å². The van der Waals surface area contributed by atoms with Crippen molar-refractivity contribution in [3.05, 3.63) is 61.8 Å². The van der Waals surface area contributed by atoms with Gasteiger partial charge in [0.2, 0.25) is 5.28 Å². The molecule has 0 spiro atoms. The van der Waals surface area contributed by atoms with Gasteiger partial charge in [0.25, 0.3) is 5.56 Å². The Morgan fingerprint density at radius 3 is 2.55 bits per heavy atom. The van der Waals surface area contributed by atoms with Crippen LogP contribution in [0.2, 0.25) is 5.28 Å². The minimum absolute atomic E-state index is 0.0846. The molecule has 0 saturated carbocycles. The first kappa shape index (κ1) is 22.7. The molecule has 12 heteroatoms. The molecular weight excluding hydrogens is 448 g/mol. The molecule has 174 valence electrons. The van der Waals surface area contributed by atoms with Gasteiger partial charge in [-0.1, -0.05) is 25.5 Å². The van der Waals surface area contributed by atoms with Gasteiger partial charge < -0.3 is 9.72 Å². The van der Waals surface area contributed by atoms with E-state index in [2.05, 4.69) is 25.5 Å². The lowest BCUT2D eigenvalue weighted by molar-refractivity contribution is 0.414. The molecule has 0 aliphatic heterocycles. The number of tetrazole rings is 1. The molecule has 3 aromatic heterocycles. The van der Waals surface area contributed by atoms with Crippen LogP contribution in [0.25, 0.3) is 11.2 Å². The van der Waals surface area contributed by atoms with Crippen LogP contribution in [-0.4, -0.2) is 46.4 Å². The van der Waals surface area contributed by atoms with Crippen LogP contribution in [0.5, 0.6) is 5.75 Å². The summed E-state index contributed by atoms with van der Waals surface area (Å²) in [6.07, 6.45) is 2.74. The summed E-state index contributed by atoms with van der Waals surface area (Å²) in [5, 5.41) is 12.0. The number of rotatable bonds is 10. The van der Waals surface area contributed by atoms with Crippen LogP contribution >= 0.6 is 11.6 Å². The molecule has 11 nitrogen and oxygen atoms in total. The molecule has 33 heavy (non-hydrogen) atoms. The lowest BCUT2D eigenvalue weighted by Crippen LogP contribution is -2.40. The number of methoxy groups -OCH3 is 1. The van der Waals surface area contributed by atoms with Crippen LogP contribution in [0.1, 0.15) is 37.6 Å². The number of aromatic amines is 1. The van der Waals surface area contributed by atoms with Crippen LogP contribution < -0.4 is 16.0 Å². The first-order chi connectivity index (χ1) is 16.0. The number of hydrogen-bond donors (Lipinski definition) is 1. The summed E-state index contributed by atoms with van der Waals surface area (Å²) in [5.74, 6) is 1.48. The van der Waals surface area contributed by atoms with Crippen molar-refractivity contribution in [1.29, 1.82) is 0 Å². The summed E-state index contributed by atoms with van der Waals surface area (Å²) >= 11 is 5.98. The van der Waals surface area contributed by atoms with Crippen molar-refractivity contribution >= 4 is 22.8 Å². The maximum absolute atomic E-state index is 13.0. The maximum Gasteiger partial charge on any atom is 0.332 e. The minimum atomic E-state index is -0.433. The minimum Gasteiger partial charge on any atom is -0.497 e. The van der Waals surface area contributed by atoms with Crippen molar-refractivity contribution in [1.82, 2.24) is 39.3 Å². The van der Waals surface area contributed by atoms with E-state index in [0.717, 1.165) is 24.2 Å². The Balaban J connectivity index is 1.51. The van der Waals surface area contributed by atoms with Gasteiger partial charge >= 0.3 is 5.69 Å². The van der Waals surface area contributed by atoms with Crippen molar-refractivity contribution in [3.8, 4) is 5.75 Å². The van der Waals surface area contributed by atoms with E-state index in [4.69, 9.17) is 16.3 Å². The zero-order valence-corrected chi connectivity index (χ0v) is 19.2. The number of imidazole rings is 1. The van der Waals surface area contributed by atoms with Crippen molar-refractivity contribution in [2.45, 2.75) is 52.2 Å². The number of benzene rings is 1. The van der Waals surface area contributed by atoms with E-state index in [0.29, 0.717) is 37.4 Å². The van der Waals surface area contributed by atoms with Crippen molar-refractivity contribution in [2.24, 2.45) is 0 Å². The highest BCUT2D eigenvalue weighted by molar-refractivity contribution is 6.28. The number of halogens is 1. The van der Waals surface area contributed by atoms with Crippen LogP contribution in [0.3, 0.4) is 0 Å². The fourth-order valence-corrected chi connectivity index (χ4v) is 3.86. The number of fused-ring (bicyclic) bond motifs is 1. The lowest BCUT2D eigenvalue weighted by atomic mass is 10.1. The highest BCUT2D eigenvalue weighted by Crippen LogP contribution is 2.14. The molecule has 1 N–H and O–H groups in total. The summed E-state index contributed by atoms with van der Waals surface area (Å²) in [5.41, 5.74) is 0.750. The number of nitrogens with one attached hydrogen (secondary N) is 1. The number of nitrogens with zero attached hydrogens (tertiary/aromatic N) is 7. The third-order valence-corrected chi connectivity index (χ3v) is 5.63. The second-order valence-corrected chi connectivity index (χ2v) is 8.03. The third kappa shape index (κ3) is 4.82. The second-order valence-electron chi connectivity index (χ2n) is 7.67. The normalized spacial score (nSPS) is 11.4. The summed E-state index contributed by atoms with van der Waals surface area (Å²) in [7, 11) is 1.62. The fraction of sp³-hybridized carbons (Fsp3) is 0.429. The smallest absolute Gasteiger partial charge is 0.332 e. The lowest BCUT2D eigenvalue weighted by Gasteiger charge is -2.11. The van der Waals surface area contributed by atoms with Crippen LogP contribution in [-0.2, 0) is 26.1 Å². The van der Waals surface area contributed by atoms with Gasteiger partial charge in [0.1, 0.15) is 5.75 Å². The summed E-state index contributed by atoms with van der Waals surface area (Å²) in [6, 6.07) is 7.69. The molecule has 0 bridgehead atoms. The van der Waals surface area contributed by atoms with Gasteiger partial charge in [0, 0.05) is 26.1 Å². The van der Waals surface area contributed by atoms with Gasteiger partial charge in [0.05, 0.1) is 7.11 Å². The number of hydrogen-bond acceptors (Lipinski definition) is 7. The Morgan fingerprint density at radius 1 is 1.06 bits per heavy atom. The fourth-order valence-electron chi connectivity index (χ4n) is 3.68. The highest BCUT2D eigenvalue weighted by Gasteiger charge is 2.17. The van der Waals surface area contributed by atoms with Gasteiger partial charge in [-0.05, 0) is 52.6 Å². The Kier molecular flexibility index (Phi) is 6.87. The predicted molar refractivity (Wildman–Crippen MR) is 123 cm³/mol. The molecule has 0 saturated heterocycles. The molecule has 1 aromatic carbocycles. The van der Waals surface area contributed by atoms with E-state index in [9.17, 15) is 9.59 Å². The van der Waals surface area contributed by atoms with Crippen LogP contribution in [0.15, 0.2) is 33.9 Å². The Bertz CT molecular complexity index is 1350. The molecule has 0 unspecified atom stereocenters. The van der Waals surface area contributed by atoms with E-state index in [1.165, 1.54) is 9.13 Å². The van der Waals surface area contributed by atoms with Gasteiger partial charge in [0.15, 0.2) is 17.0 Å². The number of H-pyrrole nitrogens is 1. The van der Waals surface area contributed by atoms with Gasteiger partial charge in [-0.2, -0.15) is 4.98 Å². The summed E-state index contributed by atoms with van der Waals surface area (Å²) < 4.78 is 9.61. The molecule has 0 fully saturated rings. The Morgan fingerprint density at radius 2 is 1.82 bits per heavy atom. The third-order valence-electron chi connectivity index (χ3n) is 5.45. The predicted octanol–water partition coefficient (Wildman–Crippen LogP) is 2.02. The van der Waals surface area contributed by atoms with Crippen molar-refractivity contribution < 1.29 is 4.74 Å². The first-order valence-electron chi connectivity index (χ1n) is 10.8. The molecule has 0 aliphatic rings. The number of aryl methyl sites for hydroxylation is 2. The van der Waals surface area contributed by atoms with Crippen LogP contribution in [0.4, 0.5) is 0 Å². The van der Waals surface area contributed by atoms with Crippen molar-refractivity contribution in [2.75, 3.05) is 7.11 Å².